The van der Waals surface area contributed by atoms with Crippen molar-refractivity contribution in [1.82, 2.24) is 9.21 Å². The Morgan fingerprint density at radius 2 is 1.76 bits per heavy atom. The number of amides is 1. The maximum absolute atomic E-state index is 11.9. The Hall–Kier alpha value is -0.670. The van der Waals surface area contributed by atoms with Crippen molar-refractivity contribution in [2.24, 2.45) is 5.41 Å². The summed E-state index contributed by atoms with van der Waals surface area (Å²) in [5.41, 5.74) is -0.122. The van der Waals surface area contributed by atoms with E-state index in [1.54, 1.807) is 11.8 Å². The van der Waals surface area contributed by atoms with Crippen LogP contribution in [0.25, 0.3) is 0 Å². The molecule has 2 heterocycles. The standard InChI is InChI=1S/C12H22N2O5S2/c1-3-21(18,19)14-6-5-12(10-14)8-13(9-12)11(15)4-7-20(2,16)17/h3-10H2,1-2H3. The fourth-order valence-electron chi connectivity index (χ4n) is 2.94. The molecule has 0 aromatic carbocycles. The minimum atomic E-state index is -3.16. The molecule has 0 aliphatic carbocycles. The first-order chi connectivity index (χ1) is 9.57. The lowest BCUT2D eigenvalue weighted by molar-refractivity contribution is -0.142. The third-order valence-electron chi connectivity index (χ3n) is 4.25. The average molecular weight is 338 g/mol. The lowest BCUT2D eigenvalue weighted by atomic mass is 9.79. The molecule has 9 heteroatoms. The van der Waals surface area contributed by atoms with Gasteiger partial charge in [-0.15, -0.1) is 0 Å². The van der Waals surface area contributed by atoms with Crippen molar-refractivity contribution in [3.05, 3.63) is 0 Å². The second-order valence-electron chi connectivity index (χ2n) is 6.11. The molecule has 0 aromatic heterocycles. The van der Waals surface area contributed by atoms with E-state index in [1.807, 2.05) is 0 Å². The van der Waals surface area contributed by atoms with E-state index in [0.29, 0.717) is 26.2 Å². The van der Waals surface area contributed by atoms with Crippen molar-refractivity contribution in [2.75, 3.05) is 43.9 Å². The van der Waals surface area contributed by atoms with Crippen molar-refractivity contribution in [2.45, 2.75) is 19.8 Å². The van der Waals surface area contributed by atoms with Crippen LogP contribution in [0.2, 0.25) is 0 Å². The summed E-state index contributed by atoms with van der Waals surface area (Å²) in [5.74, 6) is -0.200. The van der Waals surface area contributed by atoms with Gasteiger partial charge in [-0.05, 0) is 13.3 Å². The molecule has 0 saturated carbocycles. The number of hydrogen-bond donors (Lipinski definition) is 0. The van der Waals surface area contributed by atoms with Crippen molar-refractivity contribution < 1.29 is 21.6 Å². The van der Waals surface area contributed by atoms with Gasteiger partial charge in [-0.25, -0.2) is 21.1 Å². The van der Waals surface area contributed by atoms with Crippen LogP contribution >= 0.6 is 0 Å². The highest BCUT2D eigenvalue weighted by molar-refractivity contribution is 7.90. The van der Waals surface area contributed by atoms with Crippen molar-refractivity contribution in [3.8, 4) is 0 Å². The Kier molecular flexibility index (Phi) is 4.38. The predicted molar refractivity (Wildman–Crippen MR) is 79.0 cm³/mol. The summed E-state index contributed by atoms with van der Waals surface area (Å²) in [4.78, 5) is 13.5. The lowest BCUT2D eigenvalue weighted by Gasteiger charge is -2.48. The van der Waals surface area contributed by atoms with Crippen molar-refractivity contribution >= 4 is 25.8 Å². The molecular weight excluding hydrogens is 316 g/mol. The highest BCUT2D eigenvalue weighted by Crippen LogP contribution is 2.40. The molecule has 0 radical (unpaired) electrons. The van der Waals surface area contributed by atoms with Gasteiger partial charge in [0, 0.05) is 44.3 Å². The van der Waals surface area contributed by atoms with E-state index in [1.165, 1.54) is 4.31 Å². The van der Waals surface area contributed by atoms with E-state index in [-0.39, 0.29) is 29.2 Å². The zero-order valence-corrected chi connectivity index (χ0v) is 14.0. The van der Waals surface area contributed by atoms with Gasteiger partial charge in [0.25, 0.3) is 0 Å². The highest BCUT2D eigenvalue weighted by atomic mass is 32.2. The second-order valence-corrected chi connectivity index (χ2v) is 10.6. The molecule has 2 aliphatic rings. The van der Waals surface area contributed by atoms with Crippen LogP contribution in [0.5, 0.6) is 0 Å². The quantitative estimate of drug-likeness (QED) is 0.661. The zero-order valence-electron chi connectivity index (χ0n) is 12.4. The first kappa shape index (κ1) is 16.7. The molecule has 2 rings (SSSR count). The molecule has 2 fully saturated rings. The summed E-state index contributed by atoms with van der Waals surface area (Å²) in [6, 6.07) is 0. The van der Waals surface area contributed by atoms with Crippen LogP contribution in [0.15, 0.2) is 0 Å². The number of carbonyl (C=O) groups is 1. The van der Waals surface area contributed by atoms with Gasteiger partial charge in [-0.3, -0.25) is 4.79 Å². The van der Waals surface area contributed by atoms with Gasteiger partial charge in [0.15, 0.2) is 0 Å². The molecule has 0 aromatic rings. The number of likely N-dealkylation sites (tertiary alicyclic amines) is 1. The number of sulfone groups is 1. The smallest absolute Gasteiger partial charge is 0.223 e. The van der Waals surface area contributed by atoms with Crippen LogP contribution in [0.1, 0.15) is 19.8 Å². The normalized spacial score (nSPS) is 22.5. The molecule has 1 amide bonds. The molecule has 0 N–H and O–H groups in total. The van der Waals surface area contributed by atoms with E-state index in [2.05, 4.69) is 0 Å². The fourth-order valence-corrected chi connectivity index (χ4v) is 4.69. The molecule has 2 aliphatic heterocycles. The van der Waals surface area contributed by atoms with E-state index in [0.717, 1.165) is 12.7 Å². The number of nitrogens with zero attached hydrogens (tertiary/aromatic N) is 2. The second kappa shape index (κ2) is 5.51. The van der Waals surface area contributed by atoms with Crippen LogP contribution in [0, 0.1) is 5.41 Å². The number of carbonyl (C=O) groups excluding carboxylic acids is 1. The summed E-state index contributed by atoms with van der Waals surface area (Å²) < 4.78 is 47.3. The molecule has 7 nitrogen and oxygen atoms in total. The minimum Gasteiger partial charge on any atom is -0.341 e. The molecular formula is C12H22N2O5S2. The predicted octanol–water partition coefficient (Wildman–Crippen LogP) is -0.695. The van der Waals surface area contributed by atoms with Crippen LogP contribution < -0.4 is 0 Å². The molecule has 0 atom stereocenters. The summed E-state index contributed by atoms with van der Waals surface area (Å²) in [5, 5.41) is 0. The number of rotatable bonds is 5. The molecule has 0 bridgehead atoms. The summed E-state index contributed by atoms with van der Waals surface area (Å²) >= 11 is 0. The van der Waals surface area contributed by atoms with Crippen LogP contribution in [-0.4, -0.2) is 75.9 Å². The molecule has 1 spiro atoms. The first-order valence-electron chi connectivity index (χ1n) is 7.00. The van der Waals surface area contributed by atoms with Crippen molar-refractivity contribution in [3.63, 3.8) is 0 Å². The number of sulfonamides is 1. The van der Waals surface area contributed by atoms with E-state index in [9.17, 15) is 21.6 Å². The molecule has 0 unspecified atom stereocenters. The van der Waals surface area contributed by atoms with Crippen LogP contribution in [-0.2, 0) is 24.7 Å². The van der Waals surface area contributed by atoms with Gasteiger partial charge in [-0.1, -0.05) is 0 Å². The minimum absolute atomic E-state index is 0.00584. The fraction of sp³-hybridized carbons (Fsp3) is 0.917. The average Bonchev–Trinajstić information content (AvgIpc) is 2.79. The van der Waals surface area contributed by atoms with E-state index >= 15 is 0 Å². The van der Waals surface area contributed by atoms with Gasteiger partial charge in [-0.2, -0.15) is 0 Å². The Bertz CT molecular complexity index is 620. The Labute approximate surface area is 126 Å². The van der Waals surface area contributed by atoms with Gasteiger partial charge in [0.2, 0.25) is 15.9 Å². The highest BCUT2D eigenvalue weighted by Gasteiger charge is 2.51. The van der Waals surface area contributed by atoms with E-state index < -0.39 is 19.9 Å². The maximum Gasteiger partial charge on any atom is 0.223 e. The summed E-state index contributed by atoms with van der Waals surface area (Å²) in [6.07, 6.45) is 1.89. The Morgan fingerprint density at radius 3 is 2.29 bits per heavy atom. The SMILES string of the molecule is CCS(=O)(=O)N1CCC2(CN(C(=O)CCS(C)(=O)=O)C2)C1. The molecule has 2 saturated heterocycles. The Morgan fingerprint density at radius 1 is 1.14 bits per heavy atom. The first-order valence-corrected chi connectivity index (χ1v) is 10.7. The van der Waals surface area contributed by atoms with Crippen LogP contribution in [0.4, 0.5) is 0 Å². The zero-order chi connectivity index (χ0) is 15.9. The van der Waals surface area contributed by atoms with Gasteiger partial charge in [0.1, 0.15) is 9.84 Å². The van der Waals surface area contributed by atoms with Crippen LogP contribution in [0.3, 0.4) is 0 Å². The third-order valence-corrected chi connectivity index (χ3v) is 7.03. The van der Waals surface area contributed by atoms with Gasteiger partial charge >= 0.3 is 0 Å². The lowest BCUT2D eigenvalue weighted by Crippen LogP contribution is -2.59. The van der Waals surface area contributed by atoms with E-state index in [4.69, 9.17) is 0 Å². The van der Waals surface area contributed by atoms with Gasteiger partial charge in [0.05, 0.1) is 11.5 Å². The molecule has 21 heavy (non-hydrogen) atoms. The third kappa shape index (κ3) is 3.75. The maximum atomic E-state index is 11.9. The monoisotopic (exact) mass is 338 g/mol. The van der Waals surface area contributed by atoms with Gasteiger partial charge < -0.3 is 4.90 Å². The topological polar surface area (TPSA) is 91.8 Å². The van der Waals surface area contributed by atoms with Crippen molar-refractivity contribution in [1.29, 1.82) is 0 Å². The molecule has 122 valence electrons. The Balaban J connectivity index is 1.85. The summed E-state index contributed by atoms with van der Waals surface area (Å²) in [6.45, 7) is 3.68. The summed E-state index contributed by atoms with van der Waals surface area (Å²) in [7, 11) is -6.29. The largest absolute Gasteiger partial charge is 0.341 e. The number of hydrogen-bond acceptors (Lipinski definition) is 5.